The molecule has 4 nitrogen and oxygen atoms in total. The number of nitrogens with zero attached hydrogens (tertiary/aromatic N) is 2. The van der Waals surface area contributed by atoms with Crippen molar-refractivity contribution in [2.75, 3.05) is 12.8 Å². The van der Waals surface area contributed by atoms with Crippen molar-refractivity contribution >= 4 is 5.82 Å². The monoisotopic (exact) mass is 168 g/mol. The van der Waals surface area contributed by atoms with Crippen LogP contribution < -0.4 is 11.1 Å². The van der Waals surface area contributed by atoms with Gasteiger partial charge in [0.1, 0.15) is 5.82 Å². The number of hydrogen-bond donors (Lipinski definition) is 2. The number of nitrogen functional groups attached to an aromatic ring is 1. The Morgan fingerprint density at radius 3 is 2.83 bits per heavy atom. The summed E-state index contributed by atoms with van der Waals surface area (Å²) in [6, 6.07) is 2.35. The molecule has 1 atom stereocenters. The second kappa shape index (κ2) is 3.58. The molecule has 0 aliphatic heterocycles. The number of anilines is 1. The lowest BCUT2D eigenvalue weighted by molar-refractivity contribution is 0.593. The van der Waals surface area contributed by atoms with E-state index in [9.17, 15) is 0 Å². The Morgan fingerprint density at radius 2 is 2.42 bits per heavy atom. The first-order valence-corrected chi connectivity index (χ1v) is 4.09. The highest BCUT2D eigenvalue weighted by Gasteiger charge is 2.05. The number of aryl methyl sites for hydroxylation is 1. The van der Waals surface area contributed by atoms with Crippen molar-refractivity contribution in [1.82, 2.24) is 15.1 Å². The van der Waals surface area contributed by atoms with Crippen LogP contribution in [0.5, 0.6) is 0 Å². The van der Waals surface area contributed by atoms with Gasteiger partial charge in [0.05, 0.1) is 5.69 Å². The maximum atomic E-state index is 5.64. The van der Waals surface area contributed by atoms with Gasteiger partial charge in [-0.1, -0.05) is 0 Å². The Morgan fingerprint density at radius 1 is 1.75 bits per heavy atom. The first kappa shape index (κ1) is 9.06. The molecule has 0 aliphatic rings. The van der Waals surface area contributed by atoms with Crippen LogP contribution in [-0.4, -0.2) is 22.9 Å². The van der Waals surface area contributed by atoms with Crippen molar-refractivity contribution in [3.63, 3.8) is 0 Å². The smallest absolute Gasteiger partial charge is 0.121 e. The van der Waals surface area contributed by atoms with E-state index < -0.39 is 0 Å². The summed E-state index contributed by atoms with van der Waals surface area (Å²) in [6.45, 7) is 2.12. The lowest BCUT2D eigenvalue weighted by atomic mass is 10.2. The maximum absolute atomic E-state index is 5.64. The summed E-state index contributed by atoms with van der Waals surface area (Å²) in [7, 11) is 3.79. The molecular formula is C8H16N4. The standard InChI is InChI=1S/C8H16N4/c1-6(10-2)4-7-5-8(9)12(3)11-7/h5-6,10H,4,9H2,1-3H3. The second-order valence-corrected chi connectivity index (χ2v) is 3.08. The third kappa shape index (κ3) is 1.98. The molecule has 0 spiro atoms. The van der Waals surface area contributed by atoms with Crippen LogP contribution in [0.4, 0.5) is 5.82 Å². The van der Waals surface area contributed by atoms with Gasteiger partial charge >= 0.3 is 0 Å². The van der Waals surface area contributed by atoms with E-state index in [2.05, 4.69) is 17.3 Å². The van der Waals surface area contributed by atoms with Gasteiger partial charge in [0.2, 0.25) is 0 Å². The molecule has 1 aromatic rings. The minimum Gasteiger partial charge on any atom is -0.384 e. The molecule has 12 heavy (non-hydrogen) atoms. The minimum atomic E-state index is 0.444. The fourth-order valence-corrected chi connectivity index (χ4v) is 1.06. The summed E-state index contributed by atoms with van der Waals surface area (Å²) in [5.41, 5.74) is 6.68. The highest BCUT2D eigenvalue weighted by Crippen LogP contribution is 2.06. The van der Waals surface area contributed by atoms with Crippen LogP contribution in [0.1, 0.15) is 12.6 Å². The first-order valence-electron chi connectivity index (χ1n) is 4.09. The van der Waals surface area contributed by atoms with E-state index in [1.54, 1.807) is 4.68 Å². The molecule has 0 saturated carbocycles. The van der Waals surface area contributed by atoms with Crippen molar-refractivity contribution in [1.29, 1.82) is 0 Å². The molecule has 4 heteroatoms. The van der Waals surface area contributed by atoms with Crippen LogP contribution in [-0.2, 0) is 13.5 Å². The topological polar surface area (TPSA) is 55.9 Å². The van der Waals surface area contributed by atoms with Crippen LogP contribution in [0, 0.1) is 0 Å². The van der Waals surface area contributed by atoms with Crippen LogP contribution >= 0.6 is 0 Å². The number of nitrogens with two attached hydrogens (primary N) is 1. The van der Waals surface area contributed by atoms with Gasteiger partial charge in [-0.25, -0.2) is 0 Å². The maximum Gasteiger partial charge on any atom is 0.121 e. The largest absolute Gasteiger partial charge is 0.384 e. The molecule has 1 aromatic heterocycles. The summed E-state index contributed by atoms with van der Waals surface area (Å²) >= 11 is 0. The molecule has 0 fully saturated rings. The minimum absolute atomic E-state index is 0.444. The third-order valence-electron chi connectivity index (χ3n) is 1.97. The van der Waals surface area contributed by atoms with Gasteiger partial charge in [0, 0.05) is 25.6 Å². The molecule has 0 bridgehead atoms. The molecule has 68 valence electrons. The number of rotatable bonds is 3. The Balaban J connectivity index is 2.64. The second-order valence-electron chi connectivity index (χ2n) is 3.08. The fourth-order valence-electron chi connectivity index (χ4n) is 1.06. The Hall–Kier alpha value is -1.03. The quantitative estimate of drug-likeness (QED) is 0.675. The molecule has 0 aliphatic carbocycles. The SMILES string of the molecule is CNC(C)Cc1cc(N)n(C)n1. The van der Waals surface area contributed by atoms with Crippen molar-refractivity contribution in [2.24, 2.45) is 7.05 Å². The number of hydrogen-bond acceptors (Lipinski definition) is 3. The molecule has 0 amide bonds. The summed E-state index contributed by atoms with van der Waals surface area (Å²) < 4.78 is 1.69. The zero-order valence-corrected chi connectivity index (χ0v) is 7.83. The van der Waals surface area contributed by atoms with E-state index in [-0.39, 0.29) is 0 Å². The van der Waals surface area contributed by atoms with E-state index in [0.29, 0.717) is 11.9 Å². The normalized spacial score (nSPS) is 13.2. The predicted octanol–water partition coefficient (Wildman–Crippen LogP) is 0.153. The van der Waals surface area contributed by atoms with Gasteiger partial charge in [-0.15, -0.1) is 0 Å². The van der Waals surface area contributed by atoms with Crippen LogP contribution in [0.25, 0.3) is 0 Å². The van der Waals surface area contributed by atoms with Crippen molar-refractivity contribution in [2.45, 2.75) is 19.4 Å². The highest BCUT2D eigenvalue weighted by atomic mass is 15.3. The van der Waals surface area contributed by atoms with Crippen LogP contribution in [0.2, 0.25) is 0 Å². The van der Waals surface area contributed by atoms with Gasteiger partial charge in [-0.3, -0.25) is 4.68 Å². The van der Waals surface area contributed by atoms with Crippen molar-refractivity contribution in [3.8, 4) is 0 Å². The zero-order valence-electron chi connectivity index (χ0n) is 7.83. The van der Waals surface area contributed by atoms with E-state index in [1.165, 1.54) is 0 Å². The summed E-state index contributed by atoms with van der Waals surface area (Å²) in [5, 5.41) is 7.40. The molecule has 1 heterocycles. The summed E-state index contributed by atoms with van der Waals surface area (Å²) in [5.74, 6) is 0.716. The fraction of sp³-hybridized carbons (Fsp3) is 0.625. The average molecular weight is 168 g/mol. The third-order valence-corrected chi connectivity index (χ3v) is 1.97. The molecule has 1 unspecified atom stereocenters. The zero-order chi connectivity index (χ0) is 9.14. The van der Waals surface area contributed by atoms with E-state index in [4.69, 9.17) is 5.73 Å². The molecule has 0 aromatic carbocycles. The van der Waals surface area contributed by atoms with E-state index >= 15 is 0 Å². The number of likely N-dealkylation sites (N-methyl/N-ethyl adjacent to an activating group) is 1. The lowest BCUT2D eigenvalue weighted by Crippen LogP contribution is -2.23. The number of nitrogens with one attached hydrogen (secondary N) is 1. The Bertz CT molecular complexity index is 234. The summed E-state index contributed by atoms with van der Waals surface area (Å²) in [4.78, 5) is 0. The van der Waals surface area contributed by atoms with Crippen molar-refractivity contribution < 1.29 is 0 Å². The van der Waals surface area contributed by atoms with Gasteiger partial charge in [-0.2, -0.15) is 5.10 Å². The first-order chi connectivity index (χ1) is 5.63. The molecule has 1 rings (SSSR count). The number of aromatic nitrogens is 2. The van der Waals surface area contributed by atoms with Gasteiger partial charge < -0.3 is 11.1 Å². The molecule has 0 saturated heterocycles. The van der Waals surface area contributed by atoms with Gasteiger partial charge in [-0.05, 0) is 14.0 Å². The lowest BCUT2D eigenvalue weighted by Gasteiger charge is -2.06. The predicted molar refractivity (Wildman–Crippen MR) is 49.8 cm³/mol. The highest BCUT2D eigenvalue weighted by molar-refractivity contribution is 5.30. The van der Waals surface area contributed by atoms with E-state index in [1.807, 2.05) is 20.2 Å². The average Bonchev–Trinajstić information content (AvgIpc) is 2.31. The van der Waals surface area contributed by atoms with Crippen LogP contribution in [0.3, 0.4) is 0 Å². The van der Waals surface area contributed by atoms with Gasteiger partial charge in [0.25, 0.3) is 0 Å². The Labute approximate surface area is 72.8 Å². The molecule has 0 radical (unpaired) electrons. The molecule has 3 N–H and O–H groups in total. The Kier molecular flexibility index (Phi) is 2.70. The van der Waals surface area contributed by atoms with Crippen LogP contribution in [0.15, 0.2) is 6.07 Å². The van der Waals surface area contributed by atoms with Crippen molar-refractivity contribution in [3.05, 3.63) is 11.8 Å². The summed E-state index contributed by atoms with van der Waals surface area (Å²) in [6.07, 6.45) is 0.918. The molecular weight excluding hydrogens is 152 g/mol. The van der Waals surface area contributed by atoms with Gasteiger partial charge in [0.15, 0.2) is 0 Å². The van der Waals surface area contributed by atoms with E-state index in [0.717, 1.165) is 12.1 Å².